The summed E-state index contributed by atoms with van der Waals surface area (Å²) in [4.78, 5) is 11.6. The smallest absolute Gasteiger partial charge is 0.330 e. The van der Waals surface area contributed by atoms with Crippen LogP contribution in [0.25, 0.3) is 11.8 Å². The van der Waals surface area contributed by atoms with Crippen LogP contribution in [0.4, 0.5) is 0 Å². The molecule has 0 N–H and O–H groups in total. The van der Waals surface area contributed by atoms with Crippen LogP contribution in [-0.4, -0.2) is 22.4 Å². The minimum atomic E-state index is -0.310. The van der Waals surface area contributed by atoms with Gasteiger partial charge in [0.2, 0.25) is 0 Å². The number of carbonyl (C=O) groups is 1. The molecule has 21 heavy (non-hydrogen) atoms. The van der Waals surface area contributed by atoms with E-state index < -0.39 is 0 Å². The summed E-state index contributed by atoms with van der Waals surface area (Å²) in [6.45, 7) is 4.48. The predicted molar refractivity (Wildman–Crippen MR) is 83.2 cm³/mol. The van der Waals surface area contributed by atoms with E-state index in [0.29, 0.717) is 6.61 Å². The first kappa shape index (κ1) is 15.0. The standard InChI is InChI=1S/C17H20N2O2/c1-3-4-13-21-17(20)10-9-15-7-5-6-8-16(15)19-12-11-14(2)18-19/h5-12H,3-4,13H2,1-2H3/b10-9+. The highest BCUT2D eigenvalue weighted by atomic mass is 16.5. The second kappa shape index (κ2) is 7.43. The summed E-state index contributed by atoms with van der Waals surface area (Å²) in [6, 6.07) is 9.74. The summed E-state index contributed by atoms with van der Waals surface area (Å²) < 4.78 is 6.91. The molecule has 1 aromatic carbocycles. The number of rotatable bonds is 6. The largest absolute Gasteiger partial charge is 0.463 e. The molecule has 0 saturated heterocycles. The number of benzene rings is 1. The Labute approximate surface area is 125 Å². The molecular formula is C17H20N2O2. The fraction of sp³-hybridized carbons (Fsp3) is 0.294. The van der Waals surface area contributed by atoms with Crippen molar-refractivity contribution in [3.05, 3.63) is 53.9 Å². The lowest BCUT2D eigenvalue weighted by molar-refractivity contribution is -0.137. The topological polar surface area (TPSA) is 44.1 Å². The van der Waals surface area contributed by atoms with Crippen molar-refractivity contribution in [2.24, 2.45) is 0 Å². The molecule has 0 fully saturated rings. The van der Waals surface area contributed by atoms with Crippen molar-refractivity contribution in [3.8, 4) is 5.69 Å². The zero-order chi connectivity index (χ0) is 15.1. The fourth-order valence-electron chi connectivity index (χ4n) is 1.91. The van der Waals surface area contributed by atoms with Gasteiger partial charge in [-0.25, -0.2) is 9.48 Å². The monoisotopic (exact) mass is 284 g/mol. The average molecular weight is 284 g/mol. The van der Waals surface area contributed by atoms with Crippen LogP contribution in [0.3, 0.4) is 0 Å². The summed E-state index contributed by atoms with van der Waals surface area (Å²) in [5.74, 6) is -0.310. The summed E-state index contributed by atoms with van der Waals surface area (Å²) in [5.41, 5.74) is 2.81. The molecule has 0 spiro atoms. The van der Waals surface area contributed by atoms with Crippen molar-refractivity contribution in [1.82, 2.24) is 9.78 Å². The van der Waals surface area contributed by atoms with E-state index in [1.54, 1.807) is 10.8 Å². The Morgan fingerprint density at radius 1 is 1.33 bits per heavy atom. The van der Waals surface area contributed by atoms with E-state index in [2.05, 4.69) is 12.0 Å². The van der Waals surface area contributed by atoms with Crippen molar-refractivity contribution < 1.29 is 9.53 Å². The fourth-order valence-corrected chi connectivity index (χ4v) is 1.91. The van der Waals surface area contributed by atoms with E-state index in [4.69, 9.17) is 4.74 Å². The third kappa shape index (κ3) is 4.31. The average Bonchev–Trinajstić information content (AvgIpc) is 2.92. The van der Waals surface area contributed by atoms with Crippen molar-refractivity contribution in [3.63, 3.8) is 0 Å². The van der Waals surface area contributed by atoms with Crippen molar-refractivity contribution in [2.75, 3.05) is 6.61 Å². The van der Waals surface area contributed by atoms with Crippen LogP contribution >= 0.6 is 0 Å². The zero-order valence-corrected chi connectivity index (χ0v) is 12.5. The number of para-hydroxylation sites is 1. The highest BCUT2D eigenvalue weighted by molar-refractivity contribution is 5.87. The molecule has 4 heteroatoms. The number of aryl methyl sites for hydroxylation is 1. The molecule has 0 saturated carbocycles. The minimum Gasteiger partial charge on any atom is -0.463 e. The lowest BCUT2D eigenvalue weighted by atomic mass is 10.1. The van der Waals surface area contributed by atoms with Crippen LogP contribution in [-0.2, 0) is 9.53 Å². The second-order valence-corrected chi connectivity index (χ2v) is 4.81. The van der Waals surface area contributed by atoms with Gasteiger partial charge in [-0.05, 0) is 31.6 Å². The maximum atomic E-state index is 11.6. The van der Waals surface area contributed by atoms with Crippen molar-refractivity contribution in [1.29, 1.82) is 0 Å². The predicted octanol–water partition coefficient (Wildman–Crippen LogP) is 3.54. The first-order valence-corrected chi connectivity index (χ1v) is 7.17. The number of carbonyl (C=O) groups excluding carboxylic acids is 1. The molecule has 110 valence electrons. The number of esters is 1. The molecule has 0 aliphatic carbocycles. The number of nitrogens with zero attached hydrogens (tertiary/aromatic N) is 2. The molecule has 0 aliphatic heterocycles. The number of unbranched alkanes of at least 4 members (excludes halogenated alkanes) is 1. The maximum Gasteiger partial charge on any atom is 0.330 e. The molecule has 1 heterocycles. The maximum absolute atomic E-state index is 11.6. The minimum absolute atomic E-state index is 0.310. The van der Waals surface area contributed by atoms with E-state index in [9.17, 15) is 4.79 Å². The normalized spacial score (nSPS) is 11.0. The van der Waals surface area contributed by atoms with Gasteiger partial charge in [-0.2, -0.15) is 5.10 Å². The Morgan fingerprint density at radius 2 is 2.14 bits per heavy atom. The lowest BCUT2D eigenvalue weighted by Crippen LogP contribution is -2.02. The highest BCUT2D eigenvalue weighted by Crippen LogP contribution is 2.15. The molecule has 0 amide bonds. The summed E-state index contributed by atoms with van der Waals surface area (Å²) in [5, 5.41) is 4.40. The SMILES string of the molecule is CCCCOC(=O)/C=C/c1ccccc1-n1ccc(C)n1. The number of ether oxygens (including phenoxy) is 1. The van der Waals surface area contributed by atoms with Gasteiger partial charge in [-0.15, -0.1) is 0 Å². The molecule has 1 aromatic heterocycles. The molecule has 2 rings (SSSR count). The first-order valence-electron chi connectivity index (χ1n) is 7.17. The van der Waals surface area contributed by atoms with Gasteiger partial charge in [0.25, 0.3) is 0 Å². The third-order valence-corrected chi connectivity index (χ3v) is 3.05. The summed E-state index contributed by atoms with van der Waals surface area (Å²) >= 11 is 0. The van der Waals surface area contributed by atoms with E-state index in [1.807, 2.05) is 43.5 Å². The van der Waals surface area contributed by atoms with Gasteiger partial charge in [-0.1, -0.05) is 31.5 Å². The Balaban J connectivity index is 2.12. The van der Waals surface area contributed by atoms with Crippen LogP contribution in [0.2, 0.25) is 0 Å². The van der Waals surface area contributed by atoms with Gasteiger partial charge >= 0.3 is 5.97 Å². The van der Waals surface area contributed by atoms with Crippen LogP contribution < -0.4 is 0 Å². The number of hydrogen-bond donors (Lipinski definition) is 0. The van der Waals surface area contributed by atoms with E-state index in [1.165, 1.54) is 6.08 Å². The molecule has 0 bridgehead atoms. The molecule has 4 nitrogen and oxygen atoms in total. The van der Waals surface area contributed by atoms with Crippen molar-refractivity contribution in [2.45, 2.75) is 26.7 Å². The van der Waals surface area contributed by atoms with Gasteiger partial charge in [0.1, 0.15) is 0 Å². The zero-order valence-electron chi connectivity index (χ0n) is 12.5. The van der Waals surface area contributed by atoms with E-state index in [-0.39, 0.29) is 5.97 Å². The van der Waals surface area contributed by atoms with Crippen LogP contribution in [0.5, 0.6) is 0 Å². The van der Waals surface area contributed by atoms with Gasteiger partial charge in [-0.3, -0.25) is 0 Å². The molecule has 2 aromatic rings. The summed E-state index contributed by atoms with van der Waals surface area (Å²) in [6.07, 6.45) is 7.04. The van der Waals surface area contributed by atoms with E-state index in [0.717, 1.165) is 29.8 Å². The molecule has 0 radical (unpaired) electrons. The van der Waals surface area contributed by atoms with Gasteiger partial charge in [0, 0.05) is 17.8 Å². The Bertz CT molecular complexity index is 629. The highest BCUT2D eigenvalue weighted by Gasteiger charge is 2.03. The Kier molecular flexibility index (Phi) is 5.32. The molecule has 0 unspecified atom stereocenters. The van der Waals surface area contributed by atoms with Crippen molar-refractivity contribution >= 4 is 12.0 Å². The van der Waals surface area contributed by atoms with Crippen LogP contribution in [0.1, 0.15) is 31.0 Å². The number of hydrogen-bond acceptors (Lipinski definition) is 3. The first-order chi connectivity index (χ1) is 10.2. The van der Waals surface area contributed by atoms with E-state index >= 15 is 0 Å². The van der Waals surface area contributed by atoms with Gasteiger partial charge in [0.15, 0.2) is 0 Å². The number of aromatic nitrogens is 2. The van der Waals surface area contributed by atoms with Gasteiger partial charge in [0.05, 0.1) is 18.0 Å². The Hall–Kier alpha value is -2.36. The van der Waals surface area contributed by atoms with Crippen LogP contribution in [0, 0.1) is 6.92 Å². The molecule has 0 atom stereocenters. The second-order valence-electron chi connectivity index (χ2n) is 4.81. The van der Waals surface area contributed by atoms with Crippen LogP contribution in [0.15, 0.2) is 42.6 Å². The molecule has 0 aliphatic rings. The quantitative estimate of drug-likeness (QED) is 0.463. The third-order valence-electron chi connectivity index (χ3n) is 3.05. The molecular weight excluding hydrogens is 264 g/mol. The lowest BCUT2D eigenvalue weighted by Gasteiger charge is -2.05. The summed E-state index contributed by atoms with van der Waals surface area (Å²) in [7, 11) is 0. The Morgan fingerprint density at radius 3 is 2.86 bits per heavy atom. The van der Waals surface area contributed by atoms with Gasteiger partial charge < -0.3 is 4.74 Å².